The van der Waals surface area contributed by atoms with Crippen LogP contribution in [0, 0.1) is 0 Å². The first-order valence-electron chi connectivity index (χ1n) is 5.48. The summed E-state index contributed by atoms with van der Waals surface area (Å²) >= 11 is 0. The average Bonchev–Trinajstić information content (AvgIpc) is 2.13. The third kappa shape index (κ3) is 3.65. The van der Waals surface area contributed by atoms with Gasteiger partial charge in [-0.2, -0.15) is 0 Å². The van der Waals surface area contributed by atoms with Crippen LogP contribution in [0.3, 0.4) is 0 Å². The molecule has 0 spiro atoms. The van der Waals surface area contributed by atoms with Crippen molar-refractivity contribution in [3.8, 4) is 0 Å². The van der Waals surface area contributed by atoms with Crippen molar-refractivity contribution in [1.29, 1.82) is 0 Å². The van der Waals surface area contributed by atoms with Gasteiger partial charge in [0, 0.05) is 0 Å². The van der Waals surface area contributed by atoms with Crippen LogP contribution in [0.5, 0.6) is 0 Å². The van der Waals surface area contributed by atoms with Crippen LogP contribution >= 0.6 is 0 Å². The number of rotatable bonds is 6. The van der Waals surface area contributed by atoms with Gasteiger partial charge < -0.3 is 4.57 Å². The lowest BCUT2D eigenvalue weighted by atomic mass is 10.3. The number of unbranched alkanes of at least 4 members (excludes halogenated alkanes) is 1. The van der Waals surface area contributed by atoms with E-state index < -0.39 is 8.24 Å². The van der Waals surface area contributed by atoms with Gasteiger partial charge in [-0.25, -0.2) is 0 Å². The first kappa shape index (κ1) is 12.9. The quantitative estimate of drug-likeness (QED) is 0.592. The third-order valence-electron chi connectivity index (χ3n) is 3.00. The molecule has 0 rings (SSSR count). The van der Waals surface area contributed by atoms with Gasteiger partial charge >= 0.3 is 0 Å². The molecule has 0 amide bonds. The van der Waals surface area contributed by atoms with Crippen molar-refractivity contribution in [2.45, 2.75) is 45.7 Å². The summed E-state index contributed by atoms with van der Waals surface area (Å²) in [7, 11) is 3.26. The number of nitrogens with zero attached hydrogens (tertiary/aromatic N) is 1. The molecule has 13 heavy (non-hydrogen) atoms. The van der Waals surface area contributed by atoms with E-state index in [9.17, 15) is 0 Å². The van der Waals surface area contributed by atoms with Gasteiger partial charge in [-0.3, -0.25) is 0 Å². The summed E-state index contributed by atoms with van der Waals surface area (Å²) < 4.78 is 2.47. The van der Waals surface area contributed by atoms with E-state index in [4.69, 9.17) is 0 Å². The lowest BCUT2D eigenvalue weighted by Gasteiger charge is -2.33. The highest BCUT2D eigenvalue weighted by Gasteiger charge is 2.28. The summed E-state index contributed by atoms with van der Waals surface area (Å²) in [6.45, 7) is 6.89. The highest BCUT2D eigenvalue weighted by atomic mass is 28.3. The molecule has 0 aliphatic rings. The lowest BCUT2D eigenvalue weighted by Crippen LogP contribution is -2.46. The van der Waals surface area contributed by atoms with Crippen LogP contribution in [-0.2, 0) is 0 Å². The molecule has 0 aliphatic heterocycles. The van der Waals surface area contributed by atoms with Crippen molar-refractivity contribution in [2.24, 2.45) is 0 Å². The molecular weight excluding hydrogens is 174 g/mol. The van der Waals surface area contributed by atoms with Crippen molar-refractivity contribution in [3.63, 3.8) is 0 Å². The Morgan fingerprint density at radius 3 is 1.92 bits per heavy atom. The van der Waals surface area contributed by atoms with Crippen LogP contribution in [0.15, 0.2) is 11.8 Å². The van der Waals surface area contributed by atoms with Crippen molar-refractivity contribution >= 4 is 8.24 Å². The molecule has 2 heteroatoms. The Morgan fingerprint density at radius 2 is 1.62 bits per heavy atom. The zero-order chi connectivity index (χ0) is 10.3. The SMILES string of the molecule is CCCC=C[Si](CC)(CC)N(C)C. The average molecular weight is 199 g/mol. The smallest absolute Gasteiger partial charge is 0.151 e. The minimum Gasteiger partial charge on any atom is -0.326 e. The monoisotopic (exact) mass is 199 g/mol. The van der Waals surface area contributed by atoms with Gasteiger partial charge in [0.2, 0.25) is 0 Å². The van der Waals surface area contributed by atoms with E-state index in [1.54, 1.807) is 0 Å². The highest BCUT2D eigenvalue weighted by molar-refractivity contribution is 6.81. The Hall–Kier alpha value is -0.0831. The number of hydrogen-bond acceptors (Lipinski definition) is 1. The Bertz CT molecular complexity index is 148. The zero-order valence-electron chi connectivity index (χ0n) is 9.93. The van der Waals surface area contributed by atoms with Gasteiger partial charge in [-0.15, -0.1) is 0 Å². The Kier molecular flexibility index (Phi) is 6.34. The van der Waals surface area contributed by atoms with E-state index in [2.05, 4.69) is 51.2 Å². The first-order chi connectivity index (χ1) is 6.13. The minimum atomic E-state index is -1.21. The van der Waals surface area contributed by atoms with Gasteiger partial charge in [0.15, 0.2) is 8.24 Å². The molecule has 1 nitrogen and oxygen atoms in total. The topological polar surface area (TPSA) is 3.24 Å². The maximum atomic E-state index is 2.52. The molecule has 0 fully saturated rings. The van der Waals surface area contributed by atoms with E-state index in [-0.39, 0.29) is 0 Å². The molecule has 0 saturated carbocycles. The van der Waals surface area contributed by atoms with Crippen molar-refractivity contribution in [1.82, 2.24) is 4.57 Å². The maximum absolute atomic E-state index is 2.52. The van der Waals surface area contributed by atoms with Gasteiger partial charge in [0.1, 0.15) is 0 Å². The predicted molar refractivity (Wildman–Crippen MR) is 64.5 cm³/mol. The highest BCUT2D eigenvalue weighted by Crippen LogP contribution is 2.19. The molecule has 0 aromatic heterocycles. The zero-order valence-corrected chi connectivity index (χ0v) is 10.9. The van der Waals surface area contributed by atoms with E-state index in [0.29, 0.717) is 0 Å². The standard InChI is InChI=1S/C11H25NSi/c1-6-9-10-11-13(7-2,8-3)12(4)5/h10-11H,6-9H2,1-5H3. The number of allylic oxidation sites excluding steroid dienone is 1. The second kappa shape index (κ2) is 6.38. The molecular formula is C11H25NSi. The second-order valence-corrected chi connectivity index (χ2v) is 8.75. The van der Waals surface area contributed by atoms with Crippen LogP contribution in [0.1, 0.15) is 33.6 Å². The fraction of sp³-hybridized carbons (Fsp3) is 0.818. The van der Waals surface area contributed by atoms with E-state index in [0.717, 1.165) is 0 Å². The van der Waals surface area contributed by atoms with E-state index in [1.165, 1.54) is 24.9 Å². The largest absolute Gasteiger partial charge is 0.326 e. The summed E-state index contributed by atoms with van der Waals surface area (Å²) in [5.41, 5.74) is 2.52. The number of hydrogen-bond donors (Lipinski definition) is 0. The van der Waals surface area contributed by atoms with Crippen LogP contribution in [0.2, 0.25) is 12.1 Å². The van der Waals surface area contributed by atoms with Crippen LogP contribution in [-0.4, -0.2) is 26.9 Å². The fourth-order valence-corrected chi connectivity index (χ4v) is 4.88. The van der Waals surface area contributed by atoms with Gasteiger partial charge in [-0.05, 0) is 32.6 Å². The Balaban J connectivity index is 4.38. The van der Waals surface area contributed by atoms with Crippen molar-refractivity contribution < 1.29 is 0 Å². The lowest BCUT2D eigenvalue weighted by molar-refractivity contribution is 0.616. The summed E-state index contributed by atoms with van der Waals surface area (Å²) in [6.07, 6.45) is 4.89. The molecule has 0 bridgehead atoms. The normalized spacial score (nSPS) is 13.1. The molecule has 0 heterocycles. The first-order valence-corrected chi connectivity index (χ1v) is 7.92. The molecule has 0 N–H and O–H groups in total. The predicted octanol–water partition coefficient (Wildman–Crippen LogP) is 3.43. The summed E-state index contributed by atoms with van der Waals surface area (Å²) in [4.78, 5) is 0. The van der Waals surface area contributed by atoms with Gasteiger partial charge in [0.25, 0.3) is 0 Å². The van der Waals surface area contributed by atoms with Crippen LogP contribution in [0.4, 0.5) is 0 Å². The van der Waals surface area contributed by atoms with E-state index >= 15 is 0 Å². The molecule has 0 aromatic rings. The Morgan fingerprint density at radius 1 is 1.08 bits per heavy atom. The van der Waals surface area contributed by atoms with Crippen LogP contribution in [0.25, 0.3) is 0 Å². The van der Waals surface area contributed by atoms with Gasteiger partial charge in [0.05, 0.1) is 0 Å². The molecule has 78 valence electrons. The second-order valence-electron chi connectivity index (χ2n) is 3.90. The van der Waals surface area contributed by atoms with Crippen LogP contribution < -0.4 is 0 Å². The molecule has 0 saturated heterocycles. The molecule has 0 aromatic carbocycles. The van der Waals surface area contributed by atoms with Crippen molar-refractivity contribution in [2.75, 3.05) is 14.1 Å². The molecule has 0 radical (unpaired) electrons. The summed E-state index contributed by atoms with van der Waals surface area (Å²) in [6, 6.07) is 2.66. The summed E-state index contributed by atoms with van der Waals surface area (Å²) in [5, 5.41) is 0. The van der Waals surface area contributed by atoms with Crippen molar-refractivity contribution in [3.05, 3.63) is 11.8 Å². The fourth-order valence-electron chi connectivity index (χ4n) is 1.74. The maximum Gasteiger partial charge on any atom is 0.151 e. The summed E-state index contributed by atoms with van der Waals surface area (Å²) in [5.74, 6) is 0. The third-order valence-corrected chi connectivity index (χ3v) is 8.09. The minimum absolute atomic E-state index is 1.21. The Labute approximate surface area is 84.9 Å². The molecule has 0 atom stereocenters. The van der Waals surface area contributed by atoms with Gasteiger partial charge in [-0.1, -0.05) is 39.0 Å². The molecule has 0 aliphatic carbocycles. The molecule has 0 unspecified atom stereocenters. The van der Waals surface area contributed by atoms with E-state index in [1.807, 2.05) is 0 Å².